The first-order valence-corrected chi connectivity index (χ1v) is 10.3. The predicted molar refractivity (Wildman–Crippen MR) is 111 cm³/mol. The molecule has 0 radical (unpaired) electrons. The summed E-state index contributed by atoms with van der Waals surface area (Å²) in [6.45, 7) is 9.58. The molecule has 0 amide bonds. The van der Waals surface area contributed by atoms with Crippen molar-refractivity contribution in [2.75, 3.05) is 6.54 Å². The highest BCUT2D eigenvalue weighted by Crippen LogP contribution is 2.23. The summed E-state index contributed by atoms with van der Waals surface area (Å²) < 4.78 is 28.0. The van der Waals surface area contributed by atoms with Crippen LogP contribution in [0.25, 0.3) is 0 Å². The summed E-state index contributed by atoms with van der Waals surface area (Å²) >= 11 is 0. The van der Waals surface area contributed by atoms with Crippen LogP contribution in [0.3, 0.4) is 0 Å². The third-order valence-corrected chi connectivity index (χ3v) is 6.03. The van der Waals surface area contributed by atoms with Gasteiger partial charge in [0.2, 0.25) is 10.0 Å². The lowest BCUT2D eigenvalue weighted by Crippen LogP contribution is -2.42. The molecule has 2 aromatic rings. The number of nitrogens with zero attached hydrogens (tertiary/aromatic N) is 1. The fourth-order valence-electron chi connectivity index (χ4n) is 2.67. The van der Waals surface area contributed by atoms with Crippen molar-refractivity contribution in [2.45, 2.75) is 31.7 Å². The highest BCUT2D eigenvalue weighted by molar-refractivity contribution is 7.89. The van der Waals surface area contributed by atoms with Gasteiger partial charge < -0.3 is 0 Å². The van der Waals surface area contributed by atoms with Crippen LogP contribution in [0.1, 0.15) is 25.0 Å². The first kappa shape index (κ1) is 20.7. The van der Waals surface area contributed by atoms with Gasteiger partial charge >= 0.3 is 0 Å². The van der Waals surface area contributed by atoms with Crippen LogP contribution in [0, 0.1) is 24.7 Å². The Balaban J connectivity index is 2.44. The molecule has 0 bridgehead atoms. The van der Waals surface area contributed by atoms with E-state index in [1.54, 1.807) is 30.3 Å². The summed E-state index contributed by atoms with van der Waals surface area (Å²) in [7, 11) is -3.71. The summed E-state index contributed by atoms with van der Waals surface area (Å²) in [4.78, 5) is 0.262. The van der Waals surface area contributed by atoms with Crippen molar-refractivity contribution in [3.8, 4) is 11.8 Å². The molecule has 27 heavy (non-hydrogen) atoms. The smallest absolute Gasteiger partial charge is 0.207 e. The van der Waals surface area contributed by atoms with Crippen molar-refractivity contribution < 1.29 is 8.42 Å². The Morgan fingerprint density at radius 3 is 2.26 bits per heavy atom. The van der Waals surface area contributed by atoms with Gasteiger partial charge in [-0.1, -0.05) is 68.2 Å². The van der Waals surface area contributed by atoms with E-state index in [4.69, 9.17) is 0 Å². The molecular weight excluding hydrogens is 354 g/mol. The molecule has 0 aliphatic carbocycles. The average molecular weight is 380 g/mol. The average Bonchev–Trinajstić information content (AvgIpc) is 2.65. The Morgan fingerprint density at radius 2 is 1.70 bits per heavy atom. The minimum absolute atomic E-state index is 0.0537. The van der Waals surface area contributed by atoms with Gasteiger partial charge in [-0.2, -0.15) is 4.31 Å². The van der Waals surface area contributed by atoms with E-state index in [9.17, 15) is 8.42 Å². The summed E-state index contributed by atoms with van der Waals surface area (Å²) in [5.41, 5.74) is 4.60. The number of benzene rings is 2. The highest BCUT2D eigenvalue weighted by atomic mass is 32.2. The molecule has 0 fully saturated rings. The molecule has 0 saturated heterocycles. The Morgan fingerprint density at radius 1 is 1.07 bits per heavy atom. The molecule has 0 unspecified atom stereocenters. The lowest BCUT2D eigenvalue weighted by atomic mass is 10.0. The Bertz CT molecular complexity index is 959. The fraction of sp³-hybridized carbons (Fsp3) is 0.261. The van der Waals surface area contributed by atoms with Gasteiger partial charge in [-0.15, -0.1) is 5.73 Å². The number of aryl methyl sites for hydroxylation is 1. The lowest BCUT2D eigenvalue weighted by molar-refractivity contribution is 0.327. The SMILES string of the molecule is C=C=C[C@H](C(C)C)N(CC#Cc1ccccc1)S(=O)(=O)c1ccc(C)cc1. The quantitative estimate of drug-likeness (QED) is 0.551. The maximum Gasteiger partial charge on any atom is 0.244 e. The van der Waals surface area contributed by atoms with Gasteiger partial charge in [0, 0.05) is 5.56 Å². The van der Waals surface area contributed by atoms with Crippen LogP contribution in [0.5, 0.6) is 0 Å². The van der Waals surface area contributed by atoms with E-state index in [1.165, 1.54) is 4.31 Å². The minimum Gasteiger partial charge on any atom is -0.207 e. The van der Waals surface area contributed by atoms with Gasteiger partial charge in [0.1, 0.15) is 0 Å². The molecule has 140 valence electrons. The molecule has 0 heterocycles. The highest BCUT2D eigenvalue weighted by Gasteiger charge is 2.31. The normalized spacial score (nSPS) is 12.2. The van der Waals surface area contributed by atoms with E-state index in [0.29, 0.717) is 0 Å². The van der Waals surface area contributed by atoms with Crippen molar-refractivity contribution in [3.05, 3.63) is 84.1 Å². The number of hydrogen-bond acceptors (Lipinski definition) is 2. The Labute approximate surface area is 163 Å². The van der Waals surface area contributed by atoms with Crippen LogP contribution >= 0.6 is 0 Å². The second kappa shape index (κ2) is 9.39. The third-order valence-electron chi connectivity index (χ3n) is 4.17. The molecular formula is C23H25NO2S. The molecule has 0 spiro atoms. The summed E-state index contributed by atoms with van der Waals surface area (Å²) in [5, 5.41) is 0. The van der Waals surface area contributed by atoms with Gasteiger partial charge in [-0.25, -0.2) is 8.42 Å². The third kappa shape index (κ3) is 5.45. The molecule has 3 nitrogen and oxygen atoms in total. The monoisotopic (exact) mass is 379 g/mol. The summed E-state index contributed by atoms with van der Waals surface area (Å²) in [5.74, 6) is 6.10. The zero-order valence-electron chi connectivity index (χ0n) is 16.0. The second-order valence-corrected chi connectivity index (χ2v) is 8.53. The van der Waals surface area contributed by atoms with Crippen LogP contribution in [-0.4, -0.2) is 25.3 Å². The van der Waals surface area contributed by atoms with Gasteiger partial charge in [0.05, 0.1) is 17.5 Å². The largest absolute Gasteiger partial charge is 0.244 e. The standard InChI is InChI=1S/C23H25NO2S/c1-5-10-23(19(2)3)24(18-9-13-21-11-7-6-8-12-21)27(25,26)22-16-14-20(4)15-17-22/h6-8,10-12,14-17,19,23H,1,18H2,2-4H3/t23-/m1/s1. The van der Waals surface area contributed by atoms with Crippen LogP contribution in [-0.2, 0) is 10.0 Å². The number of hydrogen-bond donors (Lipinski definition) is 0. The van der Waals surface area contributed by atoms with E-state index < -0.39 is 10.0 Å². The van der Waals surface area contributed by atoms with Gasteiger partial charge in [0.25, 0.3) is 0 Å². The van der Waals surface area contributed by atoms with Crippen molar-refractivity contribution in [3.63, 3.8) is 0 Å². The topological polar surface area (TPSA) is 37.4 Å². The fourth-order valence-corrected chi connectivity index (χ4v) is 4.28. The number of sulfonamides is 1. The van der Waals surface area contributed by atoms with E-state index >= 15 is 0 Å². The molecule has 1 atom stereocenters. The maximum atomic E-state index is 13.3. The first-order chi connectivity index (χ1) is 12.9. The first-order valence-electron chi connectivity index (χ1n) is 8.84. The molecule has 0 saturated carbocycles. The van der Waals surface area contributed by atoms with Crippen molar-refractivity contribution in [1.29, 1.82) is 0 Å². The molecule has 0 aliphatic heterocycles. The maximum absolute atomic E-state index is 13.3. The Hall–Kier alpha value is -2.57. The zero-order chi connectivity index (χ0) is 19.9. The predicted octanol–water partition coefficient (Wildman–Crippen LogP) is 4.40. The van der Waals surface area contributed by atoms with Gasteiger partial charge in [-0.3, -0.25) is 0 Å². The number of rotatable bonds is 6. The lowest BCUT2D eigenvalue weighted by Gasteiger charge is -2.29. The minimum atomic E-state index is -3.71. The van der Waals surface area contributed by atoms with Crippen LogP contribution < -0.4 is 0 Å². The molecule has 4 heteroatoms. The van der Waals surface area contributed by atoms with Crippen LogP contribution in [0.2, 0.25) is 0 Å². The van der Waals surface area contributed by atoms with Crippen molar-refractivity contribution in [2.24, 2.45) is 5.92 Å². The van der Waals surface area contributed by atoms with Gasteiger partial charge in [0.15, 0.2) is 0 Å². The van der Waals surface area contributed by atoms with Crippen LogP contribution in [0.15, 0.2) is 77.9 Å². The van der Waals surface area contributed by atoms with Crippen LogP contribution in [0.4, 0.5) is 0 Å². The second-order valence-electron chi connectivity index (χ2n) is 6.64. The van der Waals surface area contributed by atoms with Crippen molar-refractivity contribution >= 4 is 10.0 Å². The molecule has 2 rings (SSSR count). The molecule has 0 aromatic heterocycles. The molecule has 0 N–H and O–H groups in total. The van der Waals surface area contributed by atoms with E-state index in [-0.39, 0.29) is 23.4 Å². The van der Waals surface area contributed by atoms with Gasteiger partial charge in [-0.05, 0) is 43.2 Å². The van der Waals surface area contributed by atoms with E-state index in [2.05, 4.69) is 24.2 Å². The van der Waals surface area contributed by atoms with Crippen molar-refractivity contribution in [1.82, 2.24) is 4.31 Å². The molecule has 2 aromatic carbocycles. The molecule has 0 aliphatic rings. The van der Waals surface area contributed by atoms with E-state index in [0.717, 1.165) is 11.1 Å². The Kier molecular flexibility index (Phi) is 7.21. The summed E-state index contributed by atoms with van der Waals surface area (Å²) in [6, 6.07) is 16.0. The zero-order valence-corrected chi connectivity index (χ0v) is 16.8. The summed E-state index contributed by atoms with van der Waals surface area (Å²) in [6.07, 6.45) is 1.70. The van der Waals surface area contributed by atoms with E-state index in [1.807, 2.05) is 51.1 Å².